The van der Waals surface area contributed by atoms with E-state index in [0.717, 1.165) is 24.1 Å². The smallest absolute Gasteiger partial charge is 0.340 e. The van der Waals surface area contributed by atoms with Gasteiger partial charge in [0, 0.05) is 22.6 Å². The number of hydrogen-bond donors (Lipinski definition) is 0. The highest BCUT2D eigenvalue weighted by atomic mass is 16.5. The number of hydrogen-bond acceptors (Lipinski definition) is 5. The second-order valence-corrected chi connectivity index (χ2v) is 6.86. The van der Waals surface area contributed by atoms with Gasteiger partial charge >= 0.3 is 11.9 Å². The molecular formula is C19H20N2O4. The Labute approximate surface area is 145 Å². The van der Waals surface area contributed by atoms with Crippen molar-refractivity contribution in [2.75, 3.05) is 7.11 Å². The van der Waals surface area contributed by atoms with Crippen LogP contribution < -0.4 is 4.74 Å². The molecule has 0 bridgehead atoms. The Kier molecular flexibility index (Phi) is 4.03. The summed E-state index contributed by atoms with van der Waals surface area (Å²) in [5, 5.41) is 9.75. The monoisotopic (exact) mass is 340 g/mol. The number of nitriles is 1. The standard InChI is InChI=1S/C19H20N2O4/c1-11-16(17(22)24-4)14-9-13(25-18(23)19(2,3)10-20)7-8-15(14)21(11)12-5-6-12/h7-9,12H,5-6H2,1-4H3. The summed E-state index contributed by atoms with van der Waals surface area (Å²) in [7, 11) is 1.35. The van der Waals surface area contributed by atoms with Gasteiger partial charge in [-0.1, -0.05) is 0 Å². The Balaban J connectivity index is 2.09. The summed E-state index contributed by atoms with van der Waals surface area (Å²) in [5.41, 5.74) is 1.02. The fourth-order valence-corrected chi connectivity index (χ4v) is 2.93. The minimum Gasteiger partial charge on any atom is -0.465 e. The molecule has 0 radical (unpaired) electrons. The Hall–Kier alpha value is -2.81. The highest BCUT2D eigenvalue weighted by Crippen LogP contribution is 2.42. The van der Waals surface area contributed by atoms with Crippen LogP contribution in [-0.2, 0) is 9.53 Å². The number of fused-ring (bicyclic) bond motifs is 1. The molecule has 3 rings (SSSR count). The van der Waals surface area contributed by atoms with Crippen molar-refractivity contribution in [2.45, 2.75) is 39.7 Å². The Morgan fingerprint density at radius 1 is 1.32 bits per heavy atom. The average Bonchev–Trinajstić information content (AvgIpc) is 3.37. The molecule has 6 nitrogen and oxygen atoms in total. The molecule has 0 amide bonds. The number of aromatic nitrogens is 1. The fraction of sp³-hybridized carbons (Fsp3) is 0.421. The van der Waals surface area contributed by atoms with Crippen LogP contribution in [0.15, 0.2) is 18.2 Å². The van der Waals surface area contributed by atoms with E-state index in [1.54, 1.807) is 12.1 Å². The Morgan fingerprint density at radius 3 is 2.56 bits per heavy atom. The normalized spacial score (nSPS) is 14.2. The van der Waals surface area contributed by atoms with E-state index in [1.807, 2.05) is 19.1 Å². The van der Waals surface area contributed by atoms with E-state index in [2.05, 4.69) is 4.57 Å². The summed E-state index contributed by atoms with van der Waals surface area (Å²) >= 11 is 0. The third-order valence-electron chi connectivity index (χ3n) is 4.52. The number of carbonyl (C=O) groups is 2. The number of rotatable bonds is 4. The number of benzene rings is 1. The van der Waals surface area contributed by atoms with E-state index in [-0.39, 0.29) is 0 Å². The molecule has 1 heterocycles. The minimum absolute atomic E-state index is 0.305. The van der Waals surface area contributed by atoms with Gasteiger partial charge in [0.1, 0.15) is 11.2 Å². The van der Waals surface area contributed by atoms with Crippen molar-refractivity contribution in [1.82, 2.24) is 4.57 Å². The summed E-state index contributed by atoms with van der Waals surface area (Å²) < 4.78 is 12.4. The summed E-state index contributed by atoms with van der Waals surface area (Å²) in [6, 6.07) is 7.51. The molecule has 6 heteroatoms. The van der Waals surface area contributed by atoms with Gasteiger partial charge in [0.2, 0.25) is 0 Å². The van der Waals surface area contributed by atoms with Crippen molar-refractivity contribution in [3.63, 3.8) is 0 Å². The molecule has 1 aliphatic carbocycles. The van der Waals surface area contributed by atoms with Crippen LogP contribution in [0.3, 0.4) is 0 Å². The van der Waals surface area contributed by atoms with E-state index in [0.29, 0.717) is 22.7 Å². The van der Waals surface area contributed by atoms with Crippen LogP contribution in [0.5, 0.6) is 5.75 Å². The topological polar surface area (TPSA) is 81.3 Å². The van der Waals surface area contributed by atoms with Crippen molar-refractivity contribution in [2.24, 2.45) is 5.41 Å². The van der Waals surface area contributed by atoms with Crippen LogP contribution in [0, 0.1) is 23.7 Å². The van der Waals surface area contributed by atoms with Crippen LogP contribution >= 0.6 is 0 Å². The first-order valence-corrected chi connectivity index (χ1v) is 8.16. The maximum Gasteiger partial charge on any atom is 0.340 e. The SMILES string of the molecule is COC(=O)c1c(C)n(C2CC2)c2ccc(OC(=O)C(C)(C)C#N)cc12. The zero-order valence-electron chi connectivity index (χ0n) is 14.8. The van der Waals surface area contributed by atoms with Crippen molar-refractivity contribution in [1.29, 1.82) is 5.26 Å². The molecule has 0 N–H and O–H groups in total. The van der Waals surface area contributed by atoms with Gasteiger partial charge in [-0.05, 0) is 51.8 Å². The molecule has 1 aromatic carbocycles. The molecule has 0 spiro atoms. The second kappa shape index (κ2) is 5.92. The quantitative estimate of drug-likeness (QED) is 0.628. The van der Waals surface area contributed by atoms with Crippen LogP contribution in [0.1, 0.15) is 48.8 Å². The molecular weight excluding hydrogens is 320 g/mol. The first-order chi connectivity index (χ1) is 11.8. The lowest BCUT2D eigenvalue weighted by molar-refractivity contribution is -0.141. The summed E-state index contributed by atoms with van der Waals surface area (Å²) in [6.07, 6.45) is 2.16. The Morgan fingerprint density at radius 2 is 2.00 bits per heavy atom. The third-order valence-corrected chi connectivity index (χ3v) is 4.52. The summed E-state index contributed by atoms with van der Waals surface area (Å²) in [4.78, 5) is 24.4. The number of esters is 2. The molecule has 2 aromatic rings. The van der Waals surface area contributed by atoms with Crippen molar-refractivity contribution in [3.8, 4) is 11.8 Å². The molecule has 130 valence electrons. The first kappa shape index (κ1) is 17.0. The summed E-state index contributed by atoms with van der Waals surface area (Å²) in [5.74, 6) is -0.742. The highest BCUT2D eigenvalue weighted by Gasteiger charge is 2.32. The van der Waals surface area contributed by atoms with Gasteiger partial charge in [0.15, 0.2) is 0 Å². The zero-order chi connectivity index (χ0) is 18.4. The first-order valence-electron chi connectivity index (χ1n) is 8.16. The van der Waals surface area contributed by atoms with Crippen LogP contribution in [0.25, 0.3) is 10.9 Å². The number of carbonyl (C=O) groups excluding carboxylic acids is 2. The van der Waals surface area contributed by atoms with Crippen molar-refractivity contribution in [3.05, 3.63) is 29.5 Å². The lowest BCUT2D eigenvalue weighted by Gasteiger charge is -2.14. The van der Waals surface area contributed by atoms with E-state index in [9.17, 15) is 9.59 Å². The predicted molar refractivity (Wildman–Crippen MR) is 91.3 cm³/mol. The number of ether oxygens (including phenoxy) is 2. The van der Waals surface area contributed by atoms with Gasteiger partial charge < -0.3 is 14.0 Å². The van der Waals surface area contributed by atoms with Crippen LogP contribution in [-0.4, -0.2) is 23.6 Å². The van der Waals surface area contributed by atoms with E-state index < -0.39 is 17.4 Å². The molecule has 0 unspecified atom stereocenters. The molecule has 0 saturated heterocycles. The maximum atomic E-state index is 12.3. The zero-order valence-corrected chi connectivity index (χ0v) is 14.8. The van der Waals surface area contributed by atoms with E-state index in [4.69, 9.17) is 14.7 Å². The van der Waals surface area contributed by atoms with Crippen LogP contribution in [0.2, 0.25) is 0 Å². The van der Waals surface area contributed by atoms with E-state index in [1.165, 1.54) is 21.0 Å². The van der Waals surface area contributed by atoms with Gasteiger partial charge in [-0.25, -0.2) is 9.59 Å². The highest BCUT2D eigenvalue weighted by molar-refractivity contribution is 6.06. The predicted octanol–water partition coefficient (Wildman–Crippen LogP) is 3.53. The van der Waals surface area contributed by atoms with Gasteiger partial charge in [0.25, 0.3) is 0 Å². The van der Waals surface area contributed by atoms with Gasteiger partial charge in [-0.2, -0.15) is 5.26 Å². The number of methoxy groups -OCH3 is 1. The molecule has 1 saturated carbocycles. The number of nitrogens with zero attached hydrogens (tertiary/aromatic N) is 2. The van der Waals surface area contributed by atoms with Crippen molar-refractivity contribution >= 4 is 22.8 Å². The summed E-state index contributed by atoms with van der Waals surface area (Å²) in [6.45, 7) is 4.90. The molecule has 0 atom stereocenters. The molecule has 1 fully saturated rings. The molecule has 1 aliphatic rings. The molecule has 1 aromatic heterocycles. The fourth-order valence-electron chi connectivity index (χ4n) is 2.93. The van der Waals surface area contributed by atoms with Crippen LogP contribution in [0.4, 0.5) is 0 Å². The van der Waals surface area contributed by atoms with Gasteiger partial charge in [-0.3, -0.25) is 0 Å². The minimum atomic E-state index is -1.24. The third kappa shape index (κ3) is 2.86. The second-order valence-electron chi connectivity index (χ2n) is 6.86. The molecule has 0 aliphatic heterocycles. The van der Waals surface area contributed by atoms with E-state index >= 15 is 0 Å². The lowest BCUT2D eigenvalue weighted by Crippen LogP contribution is -2.27. The maximum absolute atomic E-state index is 12.3. The Bertz CT molecular complexity index is 914. The lowest BCUT2D eigenvalue weighted by atomic mass is 9.96. The largest absolute Gasteiger partial charge is 0.465 e. The average molecular weight is 340 g/mol. The van der Waals surface area contributed by atoms with Gasteiger partial charge in [0.05, 0.1) is 18.7 Å². The van der Waals surface area contributed by atoms with Crippen molar-refractivity contribution < 1.29 is 19.1 Å². The van der Waals surface area contributed by atoms with Gasteiger partial charge in [-0.15, -0.1) is 0 Å². The molecule has 25 heavy (non-hydrogen) atoms.